The zero-order chi connectivity index (χ0) is 80.8. The molecule has 0 bridgehead atoms. The van der Waals surface area contributed by atoms with Crippen LogP contribution in [0.3, 0.4) is 0 Å². The van der Waals surface area contributed by atoms with Crippen molar-refractivity contribution in [2.24, 2.45) is 0 Å². The van der Waals surface area contributed by atoms with Crippen LogP contribution in [0.15, 0.2) is 447 Å². The number of aromatic nitrogens is 7. The Morgan fingerprint density at radius 1 is 0.164 bits per heavy atom. The van der Waals surface area contributed by atoms with Gasteiger partial charge in [0.15, 0.2) is 34.9 Å². The summed E-state index contributed by atoms with van der Waals surface area (Å²) in [5.41, 5.74) is 29.8. The number of furan rings is 1. The molecule has 0 N–H and O–H groups in total. The van der Waals surface area contributed by atoms with Crippen LogP contribution in [-0.2, 0) is 0 Å². The molecular formula is C114H73N7O. The van der Waals surface area contributed by atoms with Crippen LogP contribution in [0.4, 0.5) is 0 Å². The lowest BCUT2D eigenvalue weighted by molar-refractivity contribution is 0.671. The van der Waals surface area contributed by atoms with E-state index in [9.17, 15) is 0 Å². The van der Waals surface area contributed by atoms with Crippen molar-refractivity contribution in [1.29, 1.82) is 0 Å². The SMILES string of the molecule is c1ccc(-c2cc(-c3ccccc3)cc(-c3nc(-c4cc(-c5ccccc5)cc(-c5ccccc5)c4)nc(-c4ccccc4-c4cccc5c4oc4c(-c6ccccc6-c6nc(-c7cc(-c8ccccc8)cc(-c8ccccc8)c7)nc(-c7cc(-c8ccccc8)cc(-c8ccccc8)c7)n6)cc6c7ccccc7n(-c7ccccc7)c6c45)n3)c2)cc1. The lowest BCUT2D eigenvalue weighted by Gasteiger charge is -2.15. The van der Waals surface area contributed by atoms with Gasteiger partial charge in [-0.15, -0.1) is 0 Å². The van der Waals surface area contributed by atoms with Gasteiger partial charge in [-0.3, -0.25) is 0 Å². The summed E-state index contributed by atoms with van der Waals surface area (Å²) in [7, 11) is 0. The van der Waals surface area contributed by atoms with E-state index in [1.165, 1.54) is 0 Å². The number of hydrogen-bond acceptors (Lipinski definition) is 7. The Hall–Kier alpha value is -16.4. The first-order valence-corrected chi connectivity index (χ1v) is 41.2. The molecule has 0 aliphatic heterocycles. The molecule has 22 aromatic rings. The van der Waals surface area contributed by atoms with Crippen molar-refractivity contribution in [3.05, 3.63) is 443 Å². The Kier molecular flexibility index (Phi) is 18.4. The minimum Gasteiger partial charge on any atom is -0.455 e. The summed E-state index contributed by atoms with van der Waals surface area (Å²) < 4.78 is 10.4. The minimum atomic E-state index is 0.492. The van der Waals surface area contributed by atoms with Gasteiger partial charge < -0.3 is 8.98 Å². The summed E-state index contributed by atoms with van der Waals surface area (Å²) in [4.78, 5) is 34.1. The molecule has 0 fully saturated rings. The van der Waals surface area contributed by atoms with Crippen molar-refractivity contribution in [2.45, 2.75) is 0 Å². The van der Waals surface area contributed by atoms with Crippen LogP contribution in [0.2, 0.25) is 0 Å². The van der Waals surface area contributed by atoms with Gasteiger partial charge in [0.05, 0.1) is 16.4 Å². The Bertz CT molecular complexity index is 7170. The summed E-state index contributed by atoms with van der Waals surface area (Å²) in [5.74, 6) is 3.08. The maximum Gasteiger partial charge on any atom is 0.164 e. The van der Waals surface area contributed by atoms with Gasteiger partial charge in [0.25, 0.3) is 0 Å². The summed E-state index contributed by atoms with van der Waals surface area (Å²) in [5, 5.41) is 4.01. The molecule has 122 heavy (non-hydrogen) atoms. The van der Waals surface area contributed by atoms with Crippen LogP contribution >= 0.6 is 0 Å². The fourth-order valence-electron chi connectivity index (χ4n) is 17.4. The molecule has 0 spiro atoms. The molecule has 0 unspecified atom stereocenters. The monoisotopic (exact) mass is 1560 g/mol. The largest absolute Gasteiger partial charge is 0.455 e. The first-order valence-electron chi connectivity index (χ1n) is 41.2. The van der Waals surface area contributed by atoms with Crippen molar-refractivity contribution in [3.63, 3.8) is 0 Å². The maximum absolute atomic E-state index is 7.99. The van der Waals surface area contributed by atoms with E-state index >= 15 is 0 Å². The average molecular weight is 1560 g/mol. The van der Waals surface area contributed by atoms with Crippen LogP contribution in [0.5, 0.6) is 0 Å². The van der Waals surface area contributed by atoms with Gasteiger partial charge in [-0.2, -0.15) is 0 Å². The minimum absolute atomic E-state index is 0.492. The van der Waals surface area contributed by atoms with Crippen molar-refractivity contribution in [2.75, 3.05) is 0 Å². The molecule has 0 aliphatic rings. The van der Waals surface area contributed by atoms with E-state index in [2.05, 4.69) is 447 Å². The predicted molar refractivity (Wildman–Crippen MR) is 502 cm³/mol. The number of para-hydroxylation sites is 3. The molecule has 0 saturated heterocycles. The fourth-order valence-corrected chi connectivity index (χ4v) is 17.4. The molecule has 0 radical (unpaired) electrons. The number of benzene rings is 18. The third kappa shape index (κ3) is 13.6. The van der Waals surface area contributed by atoms with Gasteiger partial charge in [0, 0.05) is 66.4 Å². The van der Waals surface area contributed by atoms with Gasteiger partial charge >= 0.3 is 0 Å². The van der Waals surface area contributed by atoms with Gasteiger partial charge in [-0.25, -0.2) is 29.9 Å². The molecular weight excluding hydrogens is 1480 g/mol. The van der Waals surface area contributed by atoms with Crippen LogP contribution in [-0.4, -0.2) is 34.5 Å². The van der Waals surface area contributed by atoms with E-state index in [-0.39, 0.29) is 0 Å². The van der Waals surface area contributed by atoms with Gasteiger partial charge in [-0.05, 0) is 197 Å². The topological polar surface area (TPSA) is 95.4 Å². The molecule has 0 saturated carbocycles. The van der Waals surface area contributed by atoms with Crippen LogP contribution < -0.4 is 0 Å². The summed E-state index contributed by atoms with van der Waals surface area (Å²) in [6.07, 6.45) is 0. The van der Waals surface area contributed by atoms with Crippen molar-refractivity contribution in [1.82, 2.24) is 34.5 Å². The Balaban J connectivity index is 0.790. The molecule has 22 rings (SSSR count). The quantitative estimate of drug-likeness (QED) is 0.0896. The number of hydrogen-bond donors (Lipinski definition) is 0. The first kappa shape index (κ1) is 72.1. The highest BCUT2D eigenvalue weighted by Gasteiger charge is 2.29. The van der Waals surface area contributed by atoms with Crippen LogP contribution in [0.1, 0.15) is 0 Å². The number of nitrogens with zero attached hydrogens (tertiary/aromatic N) is 7. The highest BCUT2D eigenvalue weighted by molar-refractivity contribution is 6.29. The molecule has 0 aliphatic carbocycles. The average Bonchev–Trinajstić information content (AvgIpc) is 1.54. The van der Waals surface area contributed by atoms with Gasteiger partial charge in [0.1, 0.15) is 11.2 Å². The Morgan fingerprint density at radius 3 is 0.754 bits per heavy atom. The standard InChI is InChI=1S/C114H73N7O/c1-10-35-74(36-11-1)82-61-83(75-37-12-2-13-38-75)66-90(65-82)109-115-110(91-67-84(76-39-14-3-15-40-76)62-85(68-91)77-41-16-4-17-42-77)118-113(117-109)99-56-30-28-53-95(99)98-58-34-59-101-105-106-102(97-55-32-33-60-104(97)121(106)94-51-26-9-27-52-94)73-103(108(105)122-107(98)101)96-54-29-31-57-100(96)114-119-111(92-69-86(78-43-18-5-19-44-78)63-87(70-92)79-45-20-6-21-46-79)116-112(120-114)93-71-88(80-47-22-7-23-48-80)64-89(72-93)81-49-24-8-25-50-81/h1-73H. The third-order valence-electron chi connectivity index (χ3n) is 23.2. The van der Waals surface area contributed by atoms with Crippen molar-refractivity contribution < 1.29 is 4.42 Å². The van der Waals surface area contributed by atoms with Crippen molar-refractivity contribution in [3.8, 4) is 185 Å². The Labute approximate surface area is 706 Å². The molecule has 4 aromatic heterocycles. The smallest absolute Gasteiger partial charge is 0.164 e. The molecule has 18 aromatic carbocycles. The van der Waals surface area contributed by atoms with Crippen LogP contribution in [0, 0.1) is 0 Å². The molecule has 570 valence electrons. The molecule has 8 nitrogen and oxygen atoms in total. The highest BCUT2D eigenvalue weighted by Crippen LogP contribution is 2.51. The molecule has 4 heterocycles. The van der Waals surface area contributed by atoms with E-state index in [1.807, 2.05) is 0 Å². The normalized spacial score (nSPS) is 11.4. The second-order valence-corrected chi connectivity index (χ2v) is 30.8. The predicted octanol–water partition coefficient (Wildman–Crippen LogP) is 29.7. The highest BCUT2D eigenvalue weighted by atomic mass is 16.3. The van der Waals surface area contributed by atoms with E-state index in [4.69, 9.17) is 34.3 Å². The lowest BCUT2D eigenvalue weighted by Crippen LogP contribution is -2.02. The van der Waals surface area contributed by atoms with Crippen LogP contribution in [0.25, 0.3) is 229 Å². The second kappa shape index (κ2) is 31.2. The molecule has 8 heteroatoms. The summed E-state index contributed by atoms with van der Waals surface area (Å²) >= 11 is 0. The zero-order valence-corrected chi connectivity index (χ0v) is 66.2. The lowest BCUT2D eigenvalue weighted by atomic mass is 9.93. The number of fused-ring (bicyclic) bond motifs is 7. The molecule has 0 atom stereocenters. The fraction of sp³-hybridized carbons (Fsp3) is 0. The Morgan fingerprint density at radius 2 is 0.418 bits per heavy atom. The zero-order valence-electron chi connectivity index (χ0n) is 66.2. The van der Waals surface area contributed by atoms with E-state index in [1.54, 1.807) is 0 Å². The van der Waals surface area contributed by atoms with Gasteiger partial charge in [-0.1, -0.05) is 346 Å². The maximum atomic E-state index is 7.99. The number of rotatable bonds is 17. The summed E-state index contributed by atoms with van der Waals surface area (Å²) in [6.45, 7) is 0. The third-order valence-corrected chi connectivity index (χ3v) is 23.2. The van der Waals surface area contributed by atoms with Gasteiger partial charge in [0.2, 0.25) is 0 Å². The van der Waals surface area contributed by atoms with E-state index in [0.29, 0.717) is 46.1 Å². The van der Waals surface area contributed by atoms with Crippen molar-refractivity contribution >= 4 is 43.7 Å². The first-order chi connectivity index (χ1) is 60.4. The second-order valence-electron chi connectivity index (χ2n) is 30.8. The summed E-state index contributed by atoms with van der Waals surface area (Å²) in [6, 6.07) is 156. The molecule has 0 amide bonds. The van der Waals surface area contributed by atoms with E-state index in [0.717, 1.165) is 183 Å². The van der Waals surface area contributed by atoms with E-state index < -0.39 is 0 Å².